The summed E-state index contributed by atoms with van der Waals surface area (Å²) in [6, 6.07) is 11.5. The van der Waals surface area contributed by atoms with Crippen LogP contribution in [-0.4, -0.2) is 53.9 Å². The van der Waals surface area contributed by atoms with E-state index in [0.29, 0.717) is 22.8 Å². The molecule has 0 aliphatic heterocycles. The molecule has 3 amide bonds. The lowest BCUT2D eigenvalue weighted by molar-refractivity contribution is -0.142. The number of amides is 3. The molecule has 1 heterocycles. The third-order valence-electron chi connectivity index (χ3n) is 6.03. The molecule has 9 heteroatoms. The number of hydrogen-bond acceptors (Lipinski definition) is 5. The number of benzene rings is 1. The average molecular weight is 501 g/mol. The van der Waals surface area contributed by atoms with Crippen LogP contribution in [0.1, 0.15) is 56.6 Å². The van der Waals surface area contributed by atoms with Crippen molar-refractivity contribution in [1.82, 2.24) is 15.2 Å². The molecular formula is C26H33ClN4O4. The van der Waals surface area contributed by atoms with Crippen LogP contribution in [0.5, 0.6) is 0 Å². The van der Waals surface area contributed by atoms with Crippen LogP contribution in [0.15, 0.2) is 48.7 Å². The average Bonchev–Trinajstić information content (AvgIpc) is 3.36. The molecule has 3 rings (SSSR count). The predicted molar refractivity (Wildman–Crippen MR) is 135 cm³/mol. The Balaban J connectivity index is 1.69. The second-order valence-electron chi connectivity index (χ2n) is 8.64. The first-order valence-corrected chi connectivity index (χ1v) is 12.4. The first-order chi connectivity index (χ1) is 17.0. The Labute approximate surface area is 211 Å². The molecule has 0 unspecified atom stereocenters. The zero-order chi connectivity index (χ0) is 25.0. The van der Waals surface area contributed by atoms with Crippen molar-refractivity contribution < 1.29 is 19.1 Å². The highest BCUT2D eigenvalue weighted by atomic mass is 35.5. The van der Waals surface area contributed by atoms with E-state index in [1.807, 2.05) is 0 Å². The van der Waals surface area contributed by atoms with Gasteiger partial charge in [-0.2, -0.15) is 0 Å². The van der Waals surface area contributed by atoms with Gasteiger partial charge in [0.05, 0.1) is 6.61 Å². The Morgan fingerprint density at radius 3 is 2.51 bits per heavy atom. The van der Waals surface area contributed by atoms with Gasteiger partial charge in [-0.25, -0.2) is 4.98 Å². The number of halogens is 1. The van der Waals surface area contributed by atoms with Gasteiger partial charge in [0.25, 0.3) is 0 Å². The first-order valence-electron chi connectivity index (χ1n) is 12.0. The first kappa shape index (κ1) is 26.6. The topological polar surface area (TPSA) is 101 Å². The maximum absolute atomic E-state index is 13.4. The summed E-state index contributed by atoms with van der Waals surface area (Å²) >= 11 is 6.07. The lowest BCUT2D eigenvalue weighted by Gasteiger charge is -2.32. The van der Waals surface area contributed by atoms with E-state index in [1.54, 1.807) is 60.7 Å². The molecule has 1 aromatic carbocycles. The van der Waals surface area contributed by atoms with Crippen molar-refractivity contribution in [2.75, 3.05) is 25.6 Å². The maximum Gasteiger partial charge on any atom is 0.247 e. The summed E-state index contributed by atoms with van der Waals surface area (Å²) in [7, 11) is 1.56. The minimum absolute atomic E-state index is 0.118. The molecule has 188 valence electrons. The molecule has 1 fully saturated rings. The largest absolute Gasteiger partial charge is 0.383 e. The molecule has 35 heavy (non-hydrogen) atoms. The van der Waals surface area contributed by atoms with Gasteiger partial charge in [-0.05, 0) is 49.1 Å². The molecule has 8 nitrogen and oxygen atoms in total. The summed E-state index contributed by atoms with van der Waals surface area (Å²) in [4.78, 5) is 44.6. The zero-order valence-corrected chi connectivity index (χ0v) is 20.8. The summed E-state index contributed by atoms with van der Waals surface area (Å²) in [5.41, 5.74) is 0.683. The molecular weight excluding hydrogens is 468 g/mol. The SMILES string of the molecule is COCCN(C(=O)CCCC(=O)Nc1ccccn1)[C@@H](C(=O)NC1CCCC1)c1ccc(Cl)cc1. The molecule has 0 saturated heterocycles. The van der Waals surface area contributed by atoms with Crippen LogP contribution in [-0.2, 0) is 19.1 Å². The molecule has 1 aliphatic rings. The van der Waals surface area contributed by atoms with Crippen molar-refractivity contribution in [3.63, 3.8) is 0 Å². The summed E-state index contributed by atoms with van der Waals surface area (Å²) in [5.74, 6) is -0.170. The summed E-state index contributed by atoms with van der Waals surface area (Å²) in [6.45, 7) is 0.535. The molecule has 1 atom stereocenters. The van der Waals surface area contributed by atoms with Gasteiger partial charge in [0.2, 0.25) is 17.7 Å². The highest BCUT2D eigenvalue weighted by Gasteiger charge is 2.32. The van der Waals surface area contributed by atoms with Crippen molar-refractivity contribution in [2.24, 2.45) is 0 Å². The van der Waals surface area contributed by atoms with Gasteiger partial charge in [0.15, 0.2) is 0 Å². The minimum atomic E-state index is -0.808. The van der Waals surface area contributed by atoms with Crippen molar-refractivity contribution >= 4 is 35.1 Å². The van der Waals surface area contributed by atoms with Crippen LogP contribution in [0.2, 0.25) is 5.02 Å². The number of nitrogens with one attached hydrogen (secondary N) is 2. The Kier molecular flexibility index (Phi) is 10.5. The number of aromatic nitrogens is 1. The van der Waals surface area contributed by atoms with Gasteiger partial charge in [0.1, 0.15) is 11.9 Å². The summed E-state index contributed by atoms with van der Waals surface area (Å²) < 4.78 is 5.23. The maximum atomic E-state index is 13.4. The van der Waals surface area contributed by atoms with Crippen LogP contribution in [0, 0.1) is 0 Å². The van der Waals surface area contributed by atoms with E-state index in [-0.39, 0.29) is 49.8 Å². The monoisotopic (exact) mass is 500 g/mol. The molecule has 0 spiro atoms. The van der Waals surface area contributed by atoms with Crippen molar-refractivity contribution in [3.05, 3.63) is 59.2 Å². The fourth-order valence-corrected chi connectivity index (χ4v) is 4.37. The van der Waals surface area contributed by atoms with Crippen molar-refractivity contribution in [2.45, 2.75) is 57.0 Å². The summed E-state index contributed by atoms with van der Waals surface area (Å²) in [5, 5.41) is 6.40. The third-order valence-corrected chi connectivity index (χ3v) is 6.28. The van der Waals surface area contributed by atoms with Crippen molar-refractivity contribution in [3.8, 4) is 0 Å². The third kappa shape index (κ3) is 8.33. The van der Waals surface area contributed by atoms with Crippen LogP contribution in [0.25, 0.3) is 0 Å². The smallest absolute Gasteiger partial charge is 0.247 e. The standard InChI is InChI=1S/C26H33ClN4O4/c1-35-18-17-31(24(33)11-6-10-23(32)30-22-9-4-5-16-28-22)25(19-12-14-20(27)15-13-19)26(34)29-21-7-2-3-8-21/h4-5,9,12-16,21,25H,2-3,6-8,10-11,17-18H2,1H3,(H,29,34)(H,28,30,32)/t25-/m1/s1. The molecule has 0 radical (unpaired) electrons. The molecule has 2 N–H and O–H groups in total. The van der Waals surface area contributed by atoms with Gasteiger partial charge < -0.3 is 20.3 Å². The van der Waals surface area contributed by atoms with Gasteiger partial charge >= 0.3 is 0 Å². The van der Waals surface area contributed by atoms with Crippen LogP contribution < -0.4 is 10.6 Å². The number of carbonyl (C=O) groups excluding carboxylic acids is 3. The van der Waals surface area contributed by atoms with Gasteiger partial charge in [-0.3, -0.25) is 14.4 Å². The fourth-order valence-electron chi connectivity index (χ4n) is 4.24. The second-order valence-corrected chi connectivity index (χ2v) is 9.08. The quantitative estimate of drug-likeness (QED) is 0.456. The number of hydrogen-bond donors (Lipinski definition) is 2. The number of ether oxygens (including phenoxy) is 1. The number of rotatable bonds is 12. The second kappa shape index (κ2) is 13.8. The Morgan fingerprint density at radius 1 is 1.11 bits per heavy atom. The number of methoxy groups -OCH3 is 1. The molecule has 1 aliphatic carbocycles. The van der Waals surface area contributed by atoms with E-state index < -0.39 is 6.04 Å². The van der Waals surface area contributed by atoms with Gasteiger partial charge in [-0.1, -0.05) is 42.6 Å². The van der Waals surface area contributed by atoms with Crippen LogP contribution >= 0.6 is 11.6 Å². The Morgan fingerprint density at radius 2 is 1.86 bits per heavy atom. The lowest BCUT2D eigenvalue weighted by atomic mass is 10.0. The highest BCUT2D eigenvalue weighted by Crippen LogP contribution is 2.26. The van der Waals surface area contributed by atoms with E-state index in [1.165, 1.54) is 0 Å². The number of anilines is 1. The number of nitrogens with zero attached hydrogens (tertiary/aromatic N) is 2. The predicted octanol–water partition coefficient (Wildman–Crippen LogP) is 4.12. The lowest BCUT2D eigenvalue weighted by Crippen LogP contribution is -2.47. The normalized spacial score (nSPS) is 14.3. The zero-order valence-electron chi connectivity index (χ0n) is 20.0. The minimum Gasteiger partial charge on any atom is -0.383 e. The molecule has 1 saturated carbocycles. The van der Waals surface area contributed by atoms with E-state index in [2.05, 4.69) is 15.6 Å². The molecule has 2 aromatic rings. The molecule has 1 aromatic heterocycles. The van der Waals surface area contributed by atoms with E-state index in [9.17, 15) is 14.4 Å². The van der Waals surface area contributed by atoms with E-state index >= 15 is 0 Å². The van der Waals surface area contributed by atoms with Crippen molar-refractivity contribution in [1.29, 1.82) is 0 Å². The number of carbonyl (C=O) groups is 3. The Hall–Kier alpha value is -2.97. The van der Waals surface area contributed by atoms with Crippen LogP contribution in [0.4, 0.5) is 5.82 Å². The van der Waals surface area contributed by atoms with E-state index in [4.69, 9.17) is 16.3 Å². The van der Waals surface area contributed by atoms with E-state index in [0.717, 1.165) is 25.7 Å². The Bertz CT molecular complexity index is 965. The van der Waals surface area contributed by atoms with Crippen LogP contribution in [0.3, 0.4) is 0 Å². The van der Waals surface area contributed by atoms with Gasteiger partial charge in [0, 0.05) is 43.8 Å². The fraction of sp³-hybridized carbons (Fsp3) is 0.462. The molecule has 0 bridgehead atoms. The highest BCUT2D eigenvalue weighted by molar-refractivity contribution is 6.30. The summed E-state index contributed by atoms with van der Waals surface area (Å²) in [6.07, 6.45) is 6.29. The number of pyridine rings is 1. The van der Waals surface area contributed by atoms with Gasteiger partial charge in [-0.15, -0.1) is 0 Å².